The van der Waals surface area contributed by atoms with E-state index in [0.717, 1.165) is 34.5 Å². The standard InChI is InChI=1S/C12H16IN3O/c1-8(17)15-10-4-5-16(7-10)12-3-2-9(13)6-11(12)14/h2-3,6,10H,4-5,7,14H2,1H3,(H,15,17). The van der Waals surface area contributed by atoms with Gasteiger partial charge in [0.05, 0.1) is 11.4 Å². The maximum Gasteiger partial charge on any atom is 0.217 e. The Hall–Kier alpha value is -0.980. The van der Waals surface area contributed by atoms with Crippen molar-refractivity contribution in [3.63, 3.8) is 0 Å². The van der Waals surface area contributed by atoms with Gasteiger partial charge in [0.1, 0.15) is 0 Å². The summed E-state index contributed by atoms with van der Waals surface area (Å²) in [5, 5.41) is 2.95. The lowest BCUT2D eigenvalue weighted by molar-refractivity contribution is -0.119. The molecule has 1 amide bonds. The van der Waals surface area contributed by atoms with E-state index in [1.807, 2.05) is 12.1 Å². The Bertz CT molecular complexity index is 436. The number of nitrogens with one attached hydrogen (secondary N) is 1. The molecule has 92 valence electrons. The highest BCUT2D eigenvalue weighted by molar-refractivity contribution is 14.1. The van der Waals surface area contributed by atoms with Crippen molar-refractivity contribution >= 4 is 39.9 Å². The minimum atomic E-state index is 0.0347. The topological polar surface area (TPSA) is 58.4 Å². The number of rotatable bonds is 2. The molecule has 1 atom stereocenters. The summed E-state index contributed by atoms with van der Waals surface area (Å²) in [6.07, 6.45) is 0.977. The van der Waals surface area contributed by atoms with Crippen molar-refractivity contribution in [3.05, 3.63) is 21.8 Å². The van der Waals surface area contributed by atoms with Crippen LogP contribution in [0.15, 0.2) is 18.2 Å². The first-order chi connectivity index (χ1) is 8.06. The molecule has 1 unspecified atom stereocenters. The molecular formula is C12H16IN3O. The molecule has 4 nitrogen and oxygen atoms in total. The normalized spacial score (nSPS) is 19.4. The summed E-state index contributed by atoms with van der Waals surface area (Å²) in [5.74, 6) is 0.0347. The zero-order chi connectivity index (χ0) is 12.4. The Morgan fingerprint density at radius 3 is 3.00 bits per heavy atom. The van der Waals surface area contributed by atoms with Crippen LogP contribution in [0, 0.1) is 3.57 Å². The van der Waals surface area contributed by atoms with Crippen LogP contribution in [0.25, 0.3) is 0 Å². The molecule has 17 heavy (non-hydrogen) atoms. The summed E-state index contributed by atoms with van der Waals surface area (Å²) in [6, 6.07) is 6.32. The van der Waals surface area contributed by atoms with Crippen LogP contribution < -0.4 is 16.0 Å². The van der Waals surface area contributed by atoms with Crippen molar-refractivity contribution < 1.29 is 4.79 Å². The number of anilines is 2. The summed E-state index contributed by atoms with van der Waals surface area (Å²) in [7, 11) is 0. The number of hydrogen-bond donors (Lipinski definition) is 2. The van der Waals surface area contributed by atoms with Gasteiger partial charge in [0.25, 0.3) is 0 Å². The van der Waals surface area contributed by atoms with Crippen molar-refractivity contribution in [1.82, 2.24) is 5.32 Å². The molecule has 1 aromatic carbocycles. The maximum atomic E-state index is 11.0. The largest absolute Gasteiger partial charge is 0.397 e. The van der Waals surface area contributed by atoms with E-state index in [-0.39, 0.29) is 11.9 Å². The van der Waals surface area contributed by atoms with E-state index >= 15 is 0 Å². The van der Waals surface area contributed by atoms with E-state index in [1.165, 1.54) is 0 Å². The number of carbonyl (C=O) groups excluding carboxylic acids is 1. The number of halogens is 1. The van der Waals surface area contributed by atoms with Gasteiger partial charge in [-0.05, 0) is 47.2 Å². The molecule has 0 saturated carbocycles. The zero-order valence-electron chi connectivity index (χ0n) is 9.74. The number of nitrogen functional groups attached to an aromatic ring is 1. The van der Waals surface area contributed by atoms with Crippen molar-refractivity contribution in [2.75, 3.05) is 23.7 Å². The molecule has 1 heterocycles. The number of hydrogen-bond acceptors (Lipinski definition) is 3. The molecule has 5 heteroatoms. The molecular weight excluding hydrogens is 329 g/mol. The quantitative estimate of drug-likeness (QED) is 0.632. The Kier molecular flexibility index (Phi) is 3.76. The smallest absolute Gasteiger partial charge is 0.217 e. The fraction of sp³-hybridized carbons (Fsp3) is 0.417. The monoisotopic (exact) mass is 345 g/mol. The molecule has 0 aromatic heterocycles. The van der Waals surface area contributed by atoms with Gasteiger partial charge >= 0.3 is 0 Å². The first-order valence-corrected chi connectivity index (χ1v) is 6.71. The number of carbonyl (C=O) groups is 1. The number of nitrogens with zero attached hydrogens (tertiary/aromatic N) is 1. The minimum absolute atomic E-state index is 0.0347. The van der Waals surface area contributed by atoms with Crippen molar-refractivity contribution in [3.8, 4) is 0 Å². The molecule has 0 radical (unpaired) electrons. The second-order valence-corrected chi connectivity index (χ2v) is 5.58. The van der Waals surface area contributed by atoms with Crippen LogP contribution in [-0.2, 0) is 4.79 Å². The number of benzene rings is 1. The van der Waals surface area contributed by atoms with Crippen LogP contribution in [0.2, 0.25) is 0 Å². The van der Waals surface area contributed by atoms with E-state index < -0.39 is 0 Å². The molecule has 0 aliphatic carbocycles. The minimum Gasteiger partial charge on any atom is -0.397 e. The molecule has 0 spiro atoms. The second-order valence-electron chi connectivity index (χ2n) is 4.34. The molecule has 1 aromatic rings. The molecule has 1 fully saturated rings. The number of amides is 1. The van der Waals surface area contributed by atoms with Gasteiger partial charge in [0.15, 0.2) is 0 Å². The zero-order valence-corrected chi connectivity index (χ0v) is 11.9. The third-order valence-corrected chi connectivity index (χ3v) is 3.60. The molecule has 2 rings (SSSR count). The van der Waals surface area contributed by atoms with E-state index in [4.69, 9.17) is 5.73 Å². The van der Waals surface area contributed by atoms with Crippen LogP contribution in [0.3, 0.4) is 0 Å². The highest BCUT2D eigenvalue weighted by atomic mass is 127. The predicted molar refractivity (Wildman–Crippen MR) is 78.0 cm³/mol. The SMILES string of the molecule is CC(=O)NC1CCN(c2ccc(I)cc2N)C1. The maximum absolute atomic E-state index is 11.0. The van der Waals surface area contributed by atoms with E-state index in [0.29, 0.717) is 0 Å². The van der Waals surface area contributed by atoms with Crippen LogP contribution in [0.1, 0.15) is 13.3 Å². The first kappa shape index (κ1) is 12.5. The summed E-state index contributed by atoms with van der Waals surface area (Å²) in [6.45, 7) is 3.34. The van der Waals surface area contributed by atoms with E-state index in [2.05, 4.69) is 38.9 Å². The Balaban J connectivity index is 2.07. The van der Waals surface area contributed by atoms with E-state index in [1.54, 1.807) is 6.92 Å². The molecule has 0 bridgehead atoms. The Labute approximate surface area is 115 Å². The fourth-order valence-corrected chi connectivity index (χ4v) is 2.71. The molecule has 1 aliphatic rings. The highest BCUT2D eigenvalue weighted by Gasteiger charge is 2.24. The van der Waals surface area contributed by atoms with Gasteiger partial charge in [-0.1, -0.05) is 0 Å². The summed E-state index contributed by atoms with van der Waals surface area (Å²) in [4.78, 5) is 13.2. The average Bonchev–Trinajstić information content (AvgIpc) is 2.65. The lowest BCUT2D eigenvalue weighted by Gasteiger charge is -2.20. The van der Waals surface area contributed by atoms with Crippen LogP contribution in [0.4, 0.5) is 11.4 Å². The third-order valence-electron chi connectivity index (χ3n) is 2.93. The fourth-order valence-electron chi connectivity index (χ4n) is 2.20. The van der Waals surface area contributed by atoms with Gasteiger partial charge in [-0.2, -0.15) is 0 Å². The lowest BCUT2D eigenvalue weighted by Crippen LogP contribution is -2.35. The van der Waals surface area contributed by atoms with Gasteiger partial charge in [-0.15, -0.1) is 0 Å². The average molecular weight is 345 g/mol. The van der Waals surface area contributed by atoms with Crippen LogP contribution in [-0.4, -0.2) is 25.0 Å². The van der Waals surface area contributed by atoms with Gasteiger partial charge in [0.2, 0.25) is 5.91 Å². The Morgan fingerprint density at radius 2 is 2.35 bits per heavy atom. The van der Waals surface area contributed by atoms with Crippen molar-refractivity contribution in [2.45, 2.75) is 19.4 Å². The molecule has 1 saturated heterocycles. The van der Waals surface area contributed by atoms with Crippen LogP contribution in [0.5, 0.6) is 0 Å². The van der Waals surface area contributed by atoms with Gasteiger partial charge in [-0.3, -0.25) is 4.79 Å². The van der Waals surface area contributed by atoms with Crippen molar-refractivity contribution in [1.29, 1.82) is 0 Å². The molecule has 1 aliphatic heterocycles. The molecule has 3 N–H and O–H groups in total. The van der Waals surface area contributed by atoms with Gasteiger partial charge in [0, 0.05) is 29.6 Å². The first-order valence-electron chi connectivity index (χ1n) is 5.63. The highest BCUT2D eigenvalue weighted by Crippen LogP contribution is 2.28. The van der Waals surface area contributed by atoms with Crippen molar-refractivity contribution in [2.24, 2.45) is 0 Å². The van der Waals surface area contributed by atoms with Crippen LogP contribution >= 0.6 is 22.6 Å². The third kappa shape index (κ3) is 3.02. The number of nitrogens with two attached hydrogens (primary N) is 1. The van der Waals surface area contributed by atoms with E-state index in [9.17, 15) is 4.79 Å². The summed E-state index contributed by atoms with van der Waals surface area (Å²) in [5.41, 5.74) is 7.89. The lowest BCUT2D eigenvalue weighted by atomic mass is 10.2. The summed E-state index contributed by atoms with van der Waals surface area (Å²) < 4.78 is 1.14. The van der Waals surface area contributed by atoms with Gasteiger partial charge in [-0.25, -0.2) is 0 Å². The van der Waals surface area contributed by atoms with Gasteiger partial charge < -0.3 is 16.0 Å². The summed E-state index contributed by atoms with van der Waals surface area (Å²) >= 11 is 2.25. The second kappa shape index (κ2) is 5.12. The Morgan fingerprint density at radius 1 is 1.59 bits per heavy atom. The predicted octanol–water partition coefficient (Wildman–Crippen LogP) is 1.59.